The first-order valence-corrected chi connectivity index (χ1v) is 3.66. The highest BCUT2D eigenvalue weighted by Crippen LogP contribution is 1.94. The van der Waals surface area contributed by atoms with Crippen LogP contribution in [-0.2, 0) is 18.8 Å². The molecule has 0 aromatic rings. The third-order valence-electron chi connectivity index (χ3n) is 0.519. The van der Waals surface area contributed by atoms with E-state index in [1.807, 2.05) is 0 Å². The van der Waals surface area contributed by atoms with Crippen molar-refractivity contribution in [2.75, 3.05) is 13.5 Å². The summed E-state index contributed by atoms with van der Waals surface area (Å²) in [6.45, 7) is 1.55. The smallest absolute Gasteiger partial charge is 0.244 e. The molecule has 0 saturated heterocycles. The maximum Gasteiger partial charge on any atom is 0.402 e. The third kappa shape index (κ3) is 4.42. The number of rotatable bonds is 5. The molecule has 0 unspecified atom stereocenters. The quantitative estimate of drug-likeness (QED) is 0.559. The highest BCUT2D eigenvalue weighted by molar-refractivity contribution is 7.81. The van der Waals surface area contributed by atoms with Crippen LogP contribution in [0.15, 0.2) is 12.7 Å². The molecule has 0 fully saturated rings. The minimum atomic E-state index is -4.14. The molecule has 0 spiro atoms. The summed E-state index contributed by atoms with van der Waals surface area (Å²) in [7, 11) is -4.14. The molecule has 0 amide bonds. The minimum Gasteiger partial charge on any atom is -0.244 e. The van der Waals surface area contributed by atoms with E-state index >= 15 is 0 Å². The lowest BCUT2D eigenvalue weighted by Crippen LogP contribution is -2.09. The van der Waals surface area contributed by atoms with E-state index in [-0.39, 0.29) is 6.61 Å². The molecule has 0 radical (unpaired) electrons. The normalized spacial score (nSPS) is 11.3. The molecule has 0 aromatic carbocycles. The second kappa shape index (κ2) is 4.37. The van der Waals surface area contributed by atoms with Crippen molar-refractivity contribution in [2.24, 2.45) is 0 Å². The average Bonchev–Trinajstić information content (AvgIpc) is 1.84. The first kappa shape index (κ1) is 9.54. The fourth-order valence-electron chi connectivity index (χ4n) is 0.220. The molecule has 0 atom stereocenters. The van der Waals surface area contributed by atoms with Gasteiger partial charge in [-0.3, -0.25) is 0 Å². The Morgan fingerprint density at radius 3 is 2.50 bits per heavy atom. The lowest BCUT2D eigenvalue weighted by molar-refractivity contribution is 0.158. The summed E-state index contributed by atoms with van der Waals surface area (Å²) < 4.78 is 39.3. The van der Waals surface area contributed by atoms with Gasteiger partial charge >= 0.3 is 10.4 Å². The van der Waals surface area contributed by atoms with E-state index in [9.17, 15) is 12.8 Å². The van der Waals surface area contributed by atoms with Gasteiger partial charge in [-0.1, -0.05) is 6.08 Å². The van der Waals surface area contributed by atoms with Gasteiger partial charge < -0.3 is 0 Å². The highest BCUT2D eigenvalue weighted by Gasteiger charge is 2.08. The molecule has 0 saturated carbocycles. The van der Waals surface area contributed by atoms with Gasteiger partial charge in [0.2, 0.25) is 6.86 Å². The molecular weight excluding hydrogens is 163 g/mol. The standard InChI is InChI=1S/C4H7FO4S/c1-2-3-8-10(6,7)9-4-5/h2H,1,3-4H2. The zero-order valence-corrected chi connectivity index (χ0v) is 5.93. The van der Waals surface area contributed by atoms with Crippen molar-refractivity contribution in [1.82, 2.24) is 0 Å². The molecule has 0 aromatic heterocycles. The van der Waals surface area contributed by atoms with Gasteiger partial charge in [0.15, 0.2) is 0 Å². The van der Waals surface area contributed by atoms with Gasteiger partial charge in [0.1, 0.15) is 0 Å². The Morgan fingerprint density at radius 2 is 2.10 bits per heavy atom. The van der Waals surface area contributed by atoms with Gasteiger partial charge in [0.05, 0.1) is 6.61 Å². The summed E-state index contributed by atoms with van der Waals surface area (Å²) in [5, 5.41) is 0. The number of halogens is 1. The van der Waals surface area contributed by atoms with Crippen molar-refractivity contribution >= 4 is 10.4 Å². The first-order chi connectivity index (χ1) is 4.62. The van der Waals surface area contributed by atoms with Gasteiger partial charge in [-0.15, -0.1) is 6.58 Å². The van der Waals surface area contributed by atoms with Crippen LogP contribution in [-0.4, -0.2) is 21.9 Å². The monoisotopic (exact) mass is 170 g/mol. The lowest BCUT2D eigenvalue weighted by Gasteiger charge is -1.98. The van der Waals surface area contributed by atoms with Crippen LogP contribution < -0.4 is 0 Å². The Bertz CT molecular complexity index is 185. The summed E-state index contributed by atoms with van der Waals surface area (Å²) in [5.74, 6) is 0. The number of hydrogen-bond donors (Lipinski definition) is 0. The highest BCUT2D eigenvalue weighted by atomic mass is 32.3. The topological polar surface area (TPSA) is 52.6 Å². The van der Waals surface area contributed by atoms with Crippen LogP contribution in [0, 0.1) is 0 Å². The Kier molecular flexibility index (Phi) is 4.17. The van der Waals surface area contributed by atoms with Crippen LogP contribution in [0.25, 0.3) is 0 Å². The van der Waals surface area contributed by atoms with Gasteiger partial charge in [0.25, 0.3) is 0 Å². The Labute approximate surface area is 58.6 Å². The van der Waals surface area contributed by atoms with E-state index in [1.54, 1.807) is 0 Å². The summed E-state index contributed by atoms with van der Waals surface area (Å²) in [6.07, 6.45) is 1.21. The van der Waals surface area contributed by atoms with Gasteiger partial charge in [-0.25, -0.2) is 12.8 Å². The van der Waals surface area contributed by atoms with Gasteiger partial charge in [0, 0.05) is 0 Å². The summed E-state index contributed by atoms with van der Waals surface area (Å²) in [6, 6.07) is 0. The predicted octanol–water partition coefficient (Wildman–Crippen LogP) is 0.377. The van der Waals surface area contributed by atoms with Crippen molar-refractivity contribution in [3.63, 3.8) is 0 Å². The Hall–Kier alpha value is -0.460. The fourth-order valence-corrected chi connectivity index (χ4v) is 0.660. The van der Waals surface area contributed by atoms with Crippen LogP contribution in [0.3, 0.4) is 0 Å². The second-order valence-corrected chi connectivity index (χ2v) is 2.50. The van der Waals surface area contributed by atoms with Crippen LogP contribution in [0.1, 0.15) is 0 Å². The third-order valence-corrected chi connectivity index (χ3v) is 1.32. The molecule has 0 heterocycles. The predicted molar refractivity (Wildman–Crippen MR) is 32.1 cm³/mol. The van der Waals surface area contributed by atoms with E-state index in [2.05, 4.69) is 14.9 Å². The zero-order chi connectivity index (χ0) is 8.04. The molecule has 10 heavy (non-hydrogen) atoms. The van der Waals surface area contributed by atoms with E-state index in [4.69, 9.17) is 0 Å². The average molecular weight is 170 g/mol. The minimum absolute atomic E-state index is 0.220. The van der Waals surface area contributed by atoms with Crippen molar-refractivity contribution < 1.29 is 21.2 Å². The van der Waals surface area contributed by atoms with Crippen LogP contribution in [0.2, 0.25) is 0 Å². The van der Waals surface area contributed by atoms with Crippen LogP contribution >= 0.6 is 0 Å². The molecule has 60 valence electrons. The zero-order valence-electron chi connectivity index (χ0n) is 5.12. The van der Waals surface area contributed by atoms with Crippen LogP contribution in [0.5, 0.6) is 0 Å². The van der Waals surface area contributed by atoms with E-state index < -0.39 is 17.3 Å². The number of hydrogen-bond acceptors (Lipinski definition) is 4. The first-order valence-electron chi connectivity index (χ1n) is 2.33. The molecule has 0 aliphatic carbocycles. The maximum absolute atomic E-state index is 11.2. The molecule has 0 bridgehead atoms. The fraction of sp³-hybridized carbons (Fsp3) is 0.500. The summed E-state index contributed by atoms with van der Waals surface area (Å²) >= 11 is 0. The summed E-state index contributed by atoms with van der Waals surface area (Å²) in [5.41, 5.74) is 0. The molecule has 4 nitrogen and oxygen atoms in total. The summed E-state index contributed by atoms with van der Waals surface area (Å²) in [4.78, 5) is 0. The second-order valence-electron chi connectivity index (χ2n) is 1.21. The maximum atomic E-state index is 11.2. The molecule has 0 aliphatic rings. The SMILES string of the molecule is C=CCOS(=O)(=O)OCF. The van der Waals surface area contributed by atoms with E-state index in [1.165, 1.54) is 6.08 Å². The van der Waals surface area contributed by atoms with E-state index in [0.29, 0.717) is 0 Å². The van der Waals surface area contributed by atoms with Crippen LogP contribution in [0.4, 0.5) is 4.39 Å². The molecule has 0 rings (SSSR count). The largest absolute Gasteiger partial charge is 0.402 e. The molecule has 6 heteroatoms. The van der Waals surface area contributed by atoms with E-state index in [0.717, 1.165) is 0 Å². The van der Waals surface area contributed by atoms with Gasteiger partial charge in [-0.2, -0.15) is 8.42 Å². The van der Waals surface area contributed by atoms with Crippen molar-refractivity contribution in [2.45, 2.75) is 0 Å². The van der Waals surface area contributed by atoms with Crippen molar-refractivity contribution in [1.29, 1.82) is 0 Å². The van der Waals surface area contributed by atoms with Gasteiger partial charge in [-0.05, 0) is 0 Å². The Balaban J connectivity index is 3.76. The molecular formula is C4H7FO4S. The van der Waals surface area contributed by atoms with Crippen molar-refractivity contribution in [3.05, 3.63) is 12.7 Å². The Morgan fingerprint density at radius 1 is 1.50 bits per heavy atom. The molecule has 0 aliphatic heterocycles. The van der Waals surface area contributed by atoms with Crippen molar-refractivity contribution in [3.8, 4) is 0 Å². The molecule has 0 N–H and O–H groups in total. The lowest BCUT2D eigenvalue weighted by atomic mass is 10.7. The number of alkyl halides is 1.